The zero-order valence-electron chi connectivity index (χ0n) is 10.2. The van der Waals surface area contributed by atoms with Crippen LogP contribution in [0.2, 0.25) is 0 Å². The molecule has 5 heteroatoms. The highest BCUT2D eigenvalue weighted by Crippen LogP contribution is 2.14. The molecule has 0 aromatic carbocycles. The molecule has 2 rings (SSSR count). The highest BCUT2D eigenvalue weighted by atomic mass is 16.5. The van der Waals surface area contributed by atoms with E-state index in [0.29, 0.717) is 11.4 Å². The van der Waals surface area contributed by atoms with Crippen LogP contribution in [0.1, 0.15) is 10.4 Å². The molecule has 0 aliphatic carbocycles. The Morgan fingerprint density at radius 3 is 2.67 bits per heavy atom. The first kappa shape index (κ1) is 12.0. The first-order valence-electron chi connectivity index (χ1n) is 5.40. The third-order valence-electron chi connectivity index (χ3n) is 2.53. The van der Waals surface area contributed by atoms with Gasteiger partial charge in [0.2, 0.25) is 5.88 Å². The molecule has 0 saturated heterocycles. The molecule has 2 aromatic rings. The van der Waals surface area contributed by atoms with Gasteiger partial charge in [-0.1, -0.05) is 0 Å². The molecular formula is C13H13N3O2. The molecule has 0 radical (unpaired) electrons. The Bertz CT molecular complexity index is 526. The molecule has 0 fully saturated rings. The molecule has 2 heterocycles. The van der Waals surface area contributed by atoms with Gasteiger partial charge in [-0.25, -0.2) is 4.98 Å². The maximum Gasteiger partial charge on any atom is 0.259 e. The van der Waals surface area contributed by atoms with Gasteiger partial charge in [-0.15, -0.1) is 0 Å². The molecule has 2 aromatic heterocycles. The second-order valence-electron chi connectivity index (χ2n) is 3.66. The fourth-order valence-corrected chi connectivity index (χ4v) is 1.49. The van der Waals surface area contributed by atoms with Crippen LogP contribution < -0.4 is 9.64 Å². The lowest BCUT2D eigenvalue weighted by Crippen LogP contribution is -2.26. The summed E-state index contributed by atoms with van der Waals surface area (Å²) in [4.78, 5) is 21.7. The molecule has 0 saturated carbocycles. The molecule has 0 atom stereocenters. The molecule has 0 bridgehead atoms. The molecular weight excluding hydrogens is 230 g/mol. The molecule has 0 N–H and O–H groups in total. The number of ether oxygens (including phenoxy) is 1. The Kier molecular flexibility index (Phi) is 3.52. The highest BCUT2D eigenvalue weighted by Gasteiger charge is 2.13. The number of carbonyl (C=O) groups excluding carboxylic acids is 1. The number of rotatable bonds is 3. The molecule has 5 nitrogen and oxygen atoms in total. The zero-order chi connectivity index (χ0) is 13.0. The predicted molar refractivity (Wildman–Crippen MR) is 67.8 cm³/mol. The molecule has 0 aliphatic heterocycles. The van der Waals surface area contributed by atoms with Crippen LogP contribution in [0.4, 0.5) is 5.69 Å². The number of carbonyl (C=O) groups is 1. The van der Waals surface area contributed by atoms with Gasteiger partial charge in [0.25, 0.3) is 5.91 Å². The number of hydrogen-bond acceptors (Lipinski definition) is 4. The van der Waals surface area contributed by atoms with E-state index >= 15 is 0 Å². The minimum Gasteiger partial charge on any atom is -0.481 e. The van der Waals surface area contributed by atoms with E-state index in [1.165, 1.54) is 18.2 Å². The summed E-state index contributed by atoms with van der Waals surface area (Å²) in [7, 11) is 3.23. The third kappa shape index (κ3) is 2.45. The highest BCUT2D eigenvalue weighted by molar-refractivity contribution is 6.05. The Morgan fingerprint density at radius 1 is 1.28 bits per heavy atom. The topological polar surface area (TPSA) is 55.3 Å². The van der Waals surface area contributed by atoms with E-state index in [-0.39, 0.29) is 5.91 Å². The van der Waals surface area contributed by atoms with Crippen LogP contribution >= 0.6 is 0 Å². The van der Waals surface area contributed by atoms with Crippen molar-refractivity contribution in [2.75, 3.05) is 19.1 Å². The average molecular weight is 243 g/mol. The van der Waals surface area contributed by atoms with Crippen molar-refractivity contribution in [2.45, 2.75) is 0 Å². The Labute approximate surface area is 105 Å². The molecule has 92 valence electrons. The maximum absolute atomic E-state index is 12.2. The lowest BCUT2D eigenvalue weighted by molar-refractivity contribution is 0.0992. The number of hydrogen-bond donors (Lipinski definition) is 0. The number of amides is 1. The van der Waals surface area contributed by atoms with E-state index in [2.05, 4.69) is 9.97 Å². The van der Waals surface area contributed by atoms with Gasteiger partial charge in [0.05, 0.1) is 24.6 Å². The zero-order valence-corrected chi connectivity index (χ0v) is 10.2. The minimum absolute atomic E-state index is 0.141. The lowest BCUT2D eigenvalue weighted by atomic mass is 10.2. The largest absolute Gasteiger partial charge is 0.481 e. The summed E-state index contributed by atoms with van der Waals surface area (Å²) < 4.78 is 4.95. The summed E-state index contributed by atoms with van der Waals surface area (Å²) in [6.07, 6.45) is 4.79. The standard InChI is InChI=1S/C13H13N3O2/c1-16(11-4-3-7-14-9-11)13(17)10-5-6-12(18-2)15-8-10/h3-9H,1-2H3. The quantitative estimate of drug-likeness (QED) is 0.824. The number of anilines is 1. The SMILES string of the molecule is COc1ccc(C(=O)N(C)c2cccnc2)cn1. The van der Waals surface area contributed by atoms with E-state index < -0.39 is 0 Å². The summed E-state index contributed by atoms with van der Waals surface area (Å²) in [6, 6.07) is 6.94. The van der Waals surface area contributed by atoms with Crippen LogP contribution in [0.3, 0.4) is 0 Å². The second kappa shape index (κ2) is 5.27. The van der Waals surface area contributed by atoms with Crippen molar-refractivity contribution in [1.29, 1.82) is 0 Å². The number of pyridine rings is 2. The molecule has 0 unspecified atom stereocenters. The van der Waals surface area contributed by atoms with Crippen LogP contribution in [-0.4, -0.2) is 30.0 Å². The Hall–Kier alpha value is -2.43. The summed E-state index contributed by atoms with van der Waals surface area (Å²) >= 11 is 0. The van der Waals surface area contributed by atoms with E-state index in [9.17, 15) is 4.79 Å². The number of methoxy groups -OCH3 is 1. The smallest absolute Gasteiger partial charge is 0.259 e. The average Bonchev–Trinajstić information content (AvgIpc) is 2.47. The van der Waals surface area contributed by atoms with Crippen LogP contribution in [0.5, 0.6) is 5.88 Å². The van der Waals surface area contributed by atoms with Crippen LogP contribution in [-0.2, 0) is 0 Å². The normalized spacial score (nSPS) is 9.89. The van der Waals surface area contributed by atoms with Crippen LogP contribution in [0.15, 0.2) is 42.9 Å². The fraction of sp³-hybridized carbons (Fsp3) is 0.154. The van der Waals surface area contributed by atoms with Crippen molar-refractivity contribution < 1.29 is 9.53 Å². The summed E-state index contributed by atoms with van der Waals surface area (Å²) in [5.41, 5.74) is 1.24. The van der Waals surface area contributed by atoms with E-state index in [1.54, 1.807) is 37.6 Å². The van der Waals surface area contributed by atoms with Crippen molar-refractivity contribution >= 4 is 11.6 Å². The third-order valence-corrected chi connectivity index (χ3v) is 2.53. The monoisotopic (exact) mass is 243 g/mol. The van der Waals surface area contributed by atoms with E-state index in [1.807, 2.05) is 6.07 Å². The second-order valence-corrected chi connectivity index (χ2v) is 3.66. The molecule has 0 aliphatic rings. The summed E-state index contributed by atoms with van der Waals surface area (Å²) in [5, 5.41) is 0. The van der Waals surface area contributed by atoms with Gasteiger partial charge in [0.1, 0.15) is 0 Å². The molecule has 18 heavy (non-hydrogen) atoms. The maximum atomic E-state index is 12.2. The minimum atomic E-state index is -0.141. The van der Waals surface area contributed by atoms with Gasteiger partial charge in [-0.3, -0.25) is 9.78 Å². The Morgan fingerprint density at radius 2 is 2.11 bits per heavy atom. The first-order valence-corrected chi connectivity index (χ1v) is 5.40. The predicted octanol–water partition coefficient (Wildman–Crippen LogP) is 1.76. The van der Waals surface area contributed by atoms with Gasteiger partial charge in [-0.2, -0.15) is 0 Å². The van der Waals surface area contributed by atoms with Gasteiger partial charge < -0.3 is 9.64 Å². The number of aromatic nitrogens is 2. The summed E-state index contributed by atoms with van der Waals surface area (Å²) in [5.74, 6) is 0.341. The lowest BCUT2D eigenvalue weighted by Gasteiger charge is -2.16. The van der Waals surface area contributed by atoms with Gasteiger partial charge in [-0.05, 0) is 18.2 Å². The molecule has 1 amide bonds. The van der Waals surface area contributed by atoms with Crippen molar-refractivity contribution in [3.05, 3.63) is 48.4 Å². The van der Waals surface area contributed by atoms with E-state index in [0.717, 1.165) is 5.69 Å². The molecule has 0 spiro atoms. The van der Waals surface area contributed by atoms with Gasteiger partial charge in [0, 0.05) is 25.5 Å². The number of nitrogens with zero attached hydrogens (tertiary/aromatic N) is 3. The van der Waals surface area contributed by atoms with Gasteiger partial charge >= 0.3 is 0 Å². The fourth-order valence-electron chi connectivity index (χ4n) is 1.49. The van der Waals surface area contributed by atoms with Crippen molar-refractivity contribution in [1.82, 2.24) is 9.97 Å². The first-order chi connectivity index (χ1) is 8.72. The van der Waals surface area contributed by atoms with Crippen LogP contribution in [0.25, 0.3) is 0 Å². The summed E-state index contributed by atoms with van der Waals surface area (Å²) in [6.45, 7) is 0. The van der Waals surface area contributed by atoms with E-state index in [4.69, 9.17) is 4.74 Å². The van der Waals surface area contributed by atoms with Crippen LogP contribution in [0, 0.1) is 0 Å². The van der Waals surface area contributed by atoms with Crippen molar-refractivity contribution in [3.8, 4) is 5.88 Å². The van der Waals surface area contributed by atoms with Gasteiger partial charge in [0.15, 0.2) is 0 Å². The van der Waals surface area contributed by atoms with Crippen molar-refractivity contribution in [3.63, 3.8) is 0 Å². The van der Waals surface area contributed by atoms with Crippen molar-refractivity contribution in [2.24, 2.45) is 0 Å². The Balaban J connectivity index is 2.20.